The zero-order chi connectivity index (χ0) is 10.6. The third kappa shape index (κ3) is 1.95. The zero-order valence-electron chi connectivity index (χ0n) is 7.32. The average molecular weight is 201 g/mol. The Hall–Kier alpha value is -1.32. The van der Waals surface area contributed by atoms with Crippen molar-refractivity contribution in [3.8, 4) is 0 Å². The SMILES string of the molecule is O=[C]c1cc(CF)c(CF)c(CF)c1. The second kappa shape index (κ2) is 4.79. The lowest BCUT2D eigenvalue weighted by Gasteiger charge is -2.08. The van der Waals surface area contributed by atoms with Gasteiger partial charge in [0.15, 0.2) is 0 Å². The summed E-state index contributed by atoms with van der Waals surface area (Å²) in [5, 5.41) is 0. The molecule has 0 aliphatic carbocycles. The molecule has 0 N–H and O–H groups in total. The van der Waals surface area contributed by atoms with Gasteiger partial charge in [0, 0.05) is 5.56 Å². The maximum Gasteiger partial charge on any atom is 0.233 e. The van der Waals surface area contributed by atoms with E-state index in [1.807, 2.05) is 0 Å². The zero-order valence-corrected chi connectivity index (χ0v) is 7.32. The first-order chi connectivity index (χ1) is 6.76. The molecule has 0 saturated carbocycles. The Kier molecular flexibility index (Phi) is 3.68. The van der Waals surface area contributed by atoms with Crippen LogP contribution in [0.5, 0.6) is 0 Å². The van der Waals surface area contributed by atoms with Crippen LogP contribution in [-0.4, -0.2) is 6.29 Å². The van der Waals surface area contributed by atoms with E-state index in [0.29, 0.717) is 0 Å². The van der Waals surface area contributed by atoms with Crippen molar-refractivity contribution in [2.24, 2.45) is 0 Å². The van der Waals surface area contributed by atoms with E-state index >= 15 is 0 Å². The topological polar surface area (TPSA) is 17.1 Å². The molecule has 4 heteroatoms. The van der Waals surface area contributed by atoms with Gasteiger partial charge in [0.25, 0.3) is 0 Å². The van der Waals surface area contributed by atoms with Gasteiger partial charge < -0.3 is 0 Å². The van der Waals surface area contributed by atoms with E-state index in [9.17, 15) is 18.0 Å². The van der Waals surface area contributed by atoms with Crippen LogP contribution in [0.4, 0.5) is 13.2 Å². The molecule has 0 fully saturated rings. The highest BCUT2D eigenvalue weighted by molar-refractivity contribution is 5.76. The van der Waals surface area contributed by atoms with Crippen molar-refractivity contribution in [2.75, 3.05) is 0 Å². The monoisotopic (exact) mass is 201 g/mol. The smallest absolute Gasteiger partial charge is 0.233 e. The summed E-state index contributed by atoms with van der Waals surface area (Å²) in [6, 6.07) is 2.36. The summed E-state index contributed by atoms with van der Waals surface area (Å²) >= 11 is 0. The van der Waals surface area contributed by atoms with Crippen LogP contribution in [0.3, 0.4) is 0 Å². The molecule has 1 nitrogen and oxygen atoms in total. The van der Waals surface area contributed by atoms with E-state index in [4.69, 9.17) is 0 Å². The summed E-state index contributed by atoms with van der Waals surface area (Å²) < 4.78 is 37.2. The summed E-state index contributed by atoms with van der Waals surface area (Å²) in [5.41, 5.74) is 0.0681. The van der Waals surface area contributed by atoms with Crippen molar-refractivity contribution in [3.05, 3.63) is 34.4 Å². The molecule has 0 aliphatic rings. The lowest BCUT2D eigenvalue weighted by atomic mass is 10.00. The van der Waals surface area contributed by atoms with Gasteiger partial charge >= 0.3 is 0 Å². The van der Waals surface area contributed by atoms with Crippen molar-refractivity contribution in [1.29, 1.82) is 0 Å². The van der Waals surface area contributed by atoms with E-state index in [1.165, 1.54) is 18.4 Å². The highest BCUT2D eigenvalue weighted by Crippen LogP contribution is 2.20. The van der Waals surface area contributed by atoms with Crippen LogP contribution < -0.4 is 0 Å². The third-order valence-electron chi connectivity index (χ3n) is 1.97. The molecule has 0 amide bonds. The molecule has 0 aliphatic heterocycles. The minimum Gasteiger partial charge on any atom is -0.285 e. The van der Waals surface area contributed by atoms with Gasteiger partial charge in [-0.1, -0.05) is 0 Å². The summed E-state index contributed by atoms with van der Waals surface area (Å²) in [6.07, 6.45) is 1.52. The first-order valence-corrected chi connectivity index (χ1v) is 3.97. The molecular weight excluding hydrogens is 193 g/mol. The molecular formula is C10H8F3O. The van der Waals surface area contributed by atoms with Crippen LogP contribution in [0.25, 0.3) is 0 Å². The van der Waals surface area contributed by atoms with Crippen molar-refractivity contribution >= 4 is 6.29 Å². The molecule has 14 heavy (non-hydrogen) atoms. The van der Waals surface area contributed by atoms with E-state index in [1.54, 1.807) is 0 Å². The van der Waals surface area contributed by atoms with Gasteiger partial charge in [0.1, 0.15) is 20.0 Å². The van der Waals surface area contributed by atoms with Crippen molar-refractivity contribution in [1.82, 2.24) is 0 Å². The predicted molar refractivity (Wildman–Crippen MR) is 45.7 cm³/mol. The summed E-state index contributed by atoms with van der Waals surface area (Å²) in [6.45, 7) is -2.76. The Morgan fingerprint density at radius 3 is 1.79 bits per heavy atom. The number of halogens is 3. The largest absolute Gasteiger partial charge is 0.285 e. The van der Waals surface area contributed by atoms with Gasteiger partial charge in [-0.25, -0.2) is 13.2 Å². The van der Waals surface area contributed by atoms with Crippen LogP contribution in [0, 0.1) is 0 Å². The highest BCUT2D eigenvalue weighted by Gasteiger charge is 2.10. The van der Waals surface area contributed by atoms with Crippen molar-refractivity contribution in [3.63, 3.8) is 0 Å². The Morgan fingerprint density at radius 2 is 1.50 bits per heavy atom. The van der Waals surface area contributed by atoms with E-state index in [2.05, 4.69) is 0 Å². The van der Waals surface area contributed by atoms with E-state index in [0.717, 1.165) is 0 Å². The van der Waals surface area contributed by atoms with Gasteiger partial charge in [-0.05, 0) is 28.8 Å². The fourth-order valence-electron chi connectivity index (χ4n) is 1.27. The Balaban J connectivity index is 3.31. The van der Waals surface area contributed by atoms with Gasteiger partial charge in [0.05, 0.1) is 0 Å². The van der Waals surface area contributed by atoms with Crippen LogP contribution >= 0.6 is 0 Å². The lowest BCUT2D eigenvalue weighted by Crippen LogP contribution is -1.98. The second-order valence-electron chi connectivity index (χ2n) is 2.78. The molecule has 0 spiro atoms. The van der Waals surface area contributed by atoms with Crippen molar-refractivity contribution in [2.45, 2.75) is 20.0 Å². The number of alkyl halides is 3. The van der Waals surface area contributed by atoms with Gasteiger partial charge in [-0.15, -0.1) is 0 Å². The normalized spacial score (nSPS) is 10.2. The standard InChI is InChI=1S/C10H8F3O/c11-3-8-1-7(6-14)2-9(4-12)10(8)5-13/h1-2H,3-5H2. The highest BCUT2D eigenvalue weighted by atomic mass is 19.1. The number of rotatable bonds is 4. The Bertz CT molecular complexity index is 311. The minimum atomic E-state index is -0.933. The number of hydrogen-bond acceptors (Lipinski definition) is 1. The Labute approximate surface area is 79.5 Å². The fraction of sp³-hybridized carbons (Fsp3) is 0.300. The third-order valence-corrected chi connectivity index (χ3v) is 1.97. The molecule has 0 heterocycles. The molecule has 0 atom stereocenters. The molecule has 0 saturated heterocycles. The maximum atomic E-state index is 12.4. The number of carbonyl (C=O) groups excluding carboxylic acids is 1. The quantitative estimate of drug-likeness (QED) is 0.731. The first-order valence-electron chi connectivity index (χ1n) is 3.97. The maximum absolute atomic E-state index is 12.4. The van der Waals surface area contributed by atoms with Gasteiger partial charge in [-0.2, -0.15) is 0 Å². The molecule has 1 aromatic rings. The number of hydrogen-bond donors (Lipinski definition) is 0. The van der Waals surface area contributed by atoms with Crippen LogP contribution in [0.2, 0.25) is 0 Å². The molecule has 75 valence electrons. The lowest BCUT2D eigenvalue weighted by molar-refractivity contribution is 0.436. The summed E-state index contributed by atoms with van der Waals surface area (Å²) in [7, 11) is 0. The fourth-order valence-corrected chi connectivity index (χ4v) is 1.27. The molecule has 0 aromatic heterocycles. The van der Waals surface area contributed by atoms with Crippen LogP contribution in [0.1, 0.15) is 22.3 Å². The molecule has 0 bridgehead atoms. The van der Waals surface area contributed by atoms with E-state index in [-0.39, 0.29) is 22.3 Å². The molecule has 1 rings (SSSR count). The first kappa shape index (κ1) is 10.8. The van der Waals surface area contributed by atoms with Crippen LogP contribution in [-0.2, 0) is 24.8 Å². The van der Waals surface area contributed by atoms with Crippen LogP contribution in [0.15, 0.2) is 12.1 Å². The molecule has 0 unspecified atom stereocenters. The second-order valence-corrected chi connectivity index (χ2v) is 2.78. The van der Waals surface area contributed by atoms with Gasteiger partial charge in [0.2, 0.25) is 6.29 Å². The van der Waals surface area contributed by atoms with Crippen molar-refractivity contribution < 1.29 is 18.0 Å². The molecule has 1 radical (unpaired) electrons. The number of benzene rings is 1. The minimum absolute atomic E-state index is 0.00556. The molecule has 1 aromatic carbocycles. The van der Waals surface area contributed by atoms with Gasteiger partial charge in [-0.3, -0.25) is 4.79 Å². The Morgan fingerprint density at radius 1 is 1.00 bits per heavy atom. The average Bonchev–Trinajstić information content (AvgIpc) is 2.26. The summed E-state index contributed by atoms with van der Waals surface area (Å²) in [5.74, 6) is 0. The van der Waals surface area contributed by atoms with E-state index < -0.39 is 20.0 Å². The summed E-state index contributed by atoms with van der Waals surface area (Å²) in [4.78, 5) is 10.3. The predicted octanol–water partition coefficient (Wildman–Crippen LogP) is 2.55.